The zero-order valence-corrected chi connectivity index (χ0v) is 10.8. The van der Waals surface area contributed by atoms with Crippen molar-refractivity contribution in [1.82, 2.24) is 10.5 Å². The van der Waals surface area contributed by atoms with Crippen molar-refractivity contribution >= 4 is 0 Å². The Balaban J connectivity index is 1.75. The minimum Gasteiger partial charge on any atom is -0.389 e. The Bertz CT molecular complexity index is 530. The van der Waals surface area contributed by atoms with Crippen molar-refractivity contribution in [2.75, 3.05) is 13.1 Å². The van der Waals surface area contributed by atoms with Crippen LogP contribution in [0.1, 0.15) is 18.5 Å². The van der Waals surface area contributed by atoms with Gasteiger partial charge in [0, 0.05) is 18.1 Å². The van der Waals surface area contributed by atoms with Gasteiger partial charge in [-0.25, -0.2) is 0 Å². The first-order chi connectivity index (χ1) is 9.25. The summed E-state index contributed by atoms with van der Waals surface area (Å²) in [7, 11) is 0. The van der Waals surface area contributed by atoms with Crippen LogP contribution in [0.5, 0.6) is 0 Å². The Hall–Kier alpha value is -1.65. The monoisotopic (exact) mass is 258 g/mol. The zero-order valence-electron chi connectivity index (χ0n) is 10.8. The van der Waals surface area contributed by atoms with Crippen LogP contribution >= 0.6 is 0 Å². The minimum atomic E-state index is -0.643. The van der Waals surface area contributed by atoms with E-state index in [1.165, 1.54) is 0 Å². The van der Waals surface area contributed by atoms with E-state index in [1.807, 2.05) is 36.4 Å². The predicted molar refractivity (Wildman–Crippen MR) is 72.7 cm³/mol. The molecule has 1 aromatic heterocycles. The van der Waals surface area contributed by atoms with Crippen molar-refractivity contribution in [2.24, 2.45) is 0 Å². The third-order valence-electron chi connectivity index (χ3n) is 3.66. The first kappa shape index (κ1) is 12.4. The van der Waals surface area contributed by atoms with Crippen LogP contribution in [0.4, 0.5) is 0 Å². The van der Waals surface area contributed by atoms with E-state index in [2.05, 4.69) is 10.5 Å². The molecule has 2 heterocycles. The number of rotatable bonds is 3. The van der Waals surface area contributed by atoms with Crippen LogP contribution in [0.25, 0.3) is 11.3 Å². The fraction of sp³-hybridized carbons (Fsp3) is 0.400. The zero-order chi connectivity index (χ0) is 13.1. The maximum Gasteiger partial charge on any atom is 0.167 e. The van der Waals surface area contributed by atoms with Gasteiger partial charge in [0.1, 0.15) is 0 Å². The molecule has 0 aliphatic carbocycles. The molecule has 1 fully saturated rings. The molecule has 1 saturated heterocycles. The lowest BCUT2D eigenvalue weighted by Crippen LogP contribution is -2.43. The molecule has 4 nitrogen and oxygen atoms in total. The standard InChI is InChI=1S/C15H18N2O2/c18-15(6-8-16-9-7-15)11-13-10-14(19-17-13)12-4-2-1-3-5-12/h1-5,10,16,18H,6-9,11H2. The number of aliphatic hydroxyl groups is 1. The second-order valence-corrected chi connectivity index (χ2v) is 5.20. The van der Waals surface area contributed by atoms with Crippen molar-refractivity contribution < 1.29 is 9.63 Å². The Kier molecular flexibility index (Phi) is 3.36. The molecular formula is C15H18N2O2. The van der Waals surface area contributed by atoms with Crippen LogP contribution in [-0.4, -0.2) is 29.0 Å². The summed E-state index contributed by atoms with van der Waals surface area (Å²) in [5.74, 6) is 0.758. The first-order valence-electron chi connectivity index (χ1n) is 6.69. The SMILES string of the molecule is OC1(Cc2cc(-c3ccccc3)on2)CCNCC1. The molecule has 0 saturated carbocycles. The maximum atomic E-state index is 10.5. The van der Waals surface area contributed by atoms with E-state index in [0.29, 0.717) is 6.42 Å². The van der Waals surface area contributed by atoms with Crippen molar-refractivity contribution in [2.45, 2.75) is 24.9 Å². The summed E-state index contributed by atoms with van der Waals surface area (Å²) in [4.78, 5) is 0. The number of nitrogens with one attached hydrogen (secondary N) is 1. The van der Waals surface area contributed by atoms with Crippen molar-refractivity contribution in [3.8, 4) is 11.3 Å². The number of benzene rings is 1. The summed E-state index contributed by atoms with van der Waals surface area (Å²) in [6.45, 7) is 1.72. The van der Waals surface area contributed by atoms with Crippen molar-refractivity contribution in [3.05, 3.63) is 42.1 Å². The highest BCUT2D eigenvalue weighted by Crippen LogP contribution is 2.26. The van der Waals surface area contributed by atoms with E-state index in [0.717, 1.165) is 42.9 Å². The molecular weight excluding hydrogens is 240 g/mol. The minimum absolute atomic E-state index is 0.561. The summed E-state index contributed by atoms with van der Waals surface area (Å²) in [5, 5.41) is 17.8. The normalized spacial score (nSPS) is 18.4. The smallest absolute Gasteiger partial charge is 0.167 e. The molecule has 2 aromatic rings. The van der Waals surface area contributed by atoms with Crippen LogP contribution in [0, 0.1) is 0 Å². The highest BCUT2D eigenvalue weighted by Gasteiger charge is 2.30. The van der Waals surface area contributed by atoms with Crippen LogP contribution in [0.2, 0.25) is 0 Å². The van der Waals surface area contributed by atoms with Crippen molar-refractivity contribution in [3.63, 3.8) is 0 Å². The largest absolute Gasteiger partial charge is 0.389 e. The van der Waals surface area contributed by atoms with E-state index in [-0.39, 0.29) is 0 Å². The van der Waals surface area contributed by atoms with E-state index < -0.39 is 5.60 Å². The molecule has 0 radical (unpaired) electrons. The second kappa shape index (κ2) is 5.15. The number of hydrogen-bond acceptors (Lipinski definition) is 4. The molecule has 0 spiro atoms. The molecule has 4 heteroatoms. The van der Waals surface area contributed by atoms with Gasteiger partial charge in [0.2, 0.25) is 0 Å². The predicted octanol–water partition coefficient (Wildman–Crippen LogP) is 2.00. The maximum absolute atomic E-state index is 10.5. The van der Waals surface area contributed by atoms with Gasteiger partial charge in [-0.1, -0.05) is 35.5 Å². The Morgan fingerprint density at radius 3 is 2.68 bits per heavy atom. The first-order valence-corrected chi connectivity index (χ1v) is 6.69. The van der Waals surface area contributed by atoms with Crippen molar-refractivity contribution in [1.29, 1.82) is 0 Å². The molecule has 0 amide bonds. The van der Waals surface area contributed by atoms with Crippen LogP contribution in [0.15, 0.2) is 40.9 Å². The Morgan fingerprint density at radius 2 is 1.95 bits per heavy atom. The molecule has 0 atom stereocenters. The third-order valence-corrected chi connectivity index (χ3v) is 3.66. The highest BCUT2D eigenvalue weighted by atomic mass is 16.5. The van der Waals surface area contributed by atoms with Crippen LogP contribution < -0.4 is 5.32 Å². The summed E-state index contributed by atoms with van der Waals surface area (Å²) in [6, 6.07) is 11.8. The highest BCUT2D eigenvalue weighted by molar-refractivity contribution is 5.56. The quantitative estimate of drug-likeness (QED) is 0.884. The number of piperidine rings is 1. The fourth-order valence-electron chi connectivity index (χ4n) is 2.54. The van der Waals surface area contributed by atoms with Gasteiger partial charge in [-0.15, -0.1) is 0 Å². The molecule has 0 bridgehead atoms. The number of hydrogen-bond donors (Lipinski definition) is 2. The summed E-state index contributed by atoms with van der Waals surface area (Å²) in [5.41, 5.74) is 1.19. The number of aromatic nitrogens is 1. The van der Waals surface area contributed by atoms with E-state index in [1.54, 1.807) is 0 Å². The van der Waals surface area contributed by atoms with Gasteiger partial charge in [-0.05, 0) is 25.9 Å². The summed E-state index contributed by atoms with van der Waals surface area (Å²) >= 11 is 0. The Morgan fingerprint density at radius 1 is 1.21 bits per heavy atom. The van der Waals surface area contributed by atoms with Gasteiger partial charge in [-0.3, -0.25) is 0 Å². The molecule has 19 heavy (non-hydrogen) atoms. The lowest BCUT2D eigenvalue weighted by atomic mass is 9.88. The van der Waals surface area contributed by atoms with Gasteiger partial charge < -0.3 is 14.9 Å². The van der Waals surface area contributed by atoms with Gasteiger partial charge in [0.25, 0.3) is 0 Å². The van der Waals surface area contributed by atoms with Gasteiger partial charge in [0.15, 0.2) is 5.76 Å². The molecule has 0 unspecified atom stereocenters. The van der Waals surface area contributed by atoms with E-state index in [9.17, 15) is 5.11 Å². The molecule has 1 aromatic carbocycles. The third kappa shape index (κ3) is 2.85. The molecule has 2 N–H and O–H groups in total. The molecule has 3 rings (SSSR count). The van der Waals surface area contributed by atoms with Gasteiger partial charge in [-0.2, -0.15) is 0 Å². The second-order valence-electron chi connectivity index (χ2n) is 5.20. The van der Waals surface area contributed by atoms with E-state index in [4.69, 9.17) is 4.52 Å². The topological polar surface area (TPSA) is 58.3 Å². The molecule has 1 aliphatic rings. The van der Waals surface area contributed by atoms with Crippen LogP contribution in [-0.2, 0) is 6.42 Å². The summed E-state index contributed by atoms with van der Waals surface area (Å²) in [6.07, 6.45) is 2.09. The molecule has 1 aliphatic heterocycles. The van der Waals surface area contributed by atoms with Gasteiger partial charge in [0.05, 0.1) is 11.3 Å². The molecule has 100 valence electrons. The summed E-state index contributed by atoms with van der Waals surface area (Å²) < 4.78 is 5.36. The average molecular weight is 258 g/mol. The lowest BCUT2D eigenvalue weighted by molar-refractivity contribution is 0.00943. The fourth-order valence-corrected chi connectivity index (χ4v) is 2.54. The Labute approximate surface area is 112 Å². The average Bonchev–Trinajstić information content (AvgIpc) is 2.88. The van der Waals surface area contributed by atoms with Gasteiger partial charge >= 0.3 is 0 Å². The van der Waals surface area contributed by atoms with E-state index >= 15 is 0 Å². The number of nitrogens with zero attached hydrogens (tertiary/aromatic N) is 1. The lowest BCUT2D eigenvalue weighted by Gasteiger charge is -2.31. The van der Waals surface area contributed by atoms with Crippen LogP contribution in [0.3, 0.4) is 0 Å².